The Bertz CT molecular complexity index is 248. The van der Waals surface area contributed by atoms with Crippen molar-refractivity contribution in [2.75, 3.05) is 0 Å². The van der Waals surface area contributed by atoms with Crippen molar-refractivity contribution in [2.45, 2.75) is 29.9 Å². The van der Waals surface area contributed by atoms with E-state index in [2.05, 4.69) is 10.2 Å². The van der Waals surface area contributed by atoms with Gasteiger partial charge in [-0.2, -0.15) is 0 Å². The zero-order valence-electron chi connectivity index (χ0n) is 6.98. The van der Waals surface area contributed by atoms with E-state index in [1.807, 2.05) is 13.8 Å². The molecule has 0 aliphatic rings. The van der Waals surface area contributed by atoms with E-state index in [1.54, 1.807) is 5.51 Å². The van der Waals surface area contributed by atoms with Crippen LogP contribution in [0, 0.1) is 0 Å². The highest BCUT2D eigenvalue weighted by Crippen LogP contribution is 2.24. The Hall–Kier alpha value is -0.420. The van der Waals surface area contributed by atoms with Gasteiger partial charge in [0, 0.05) is 6.42 Å². The van der Waals surface area contributed by atoms with Gasteiger partial charge in [0.2, 0.25) is 0 Å². The van der Waals surface area contributed by atoms with Gasteiger partial charge in [-0.3, -0.25) is 4.79 Å². The molecule has 1 aromatic rings. The zero-order valence-corrected chi connectivity index (χ0v) is 8.61. The molecule has 1 rings (SSSR count). The lowest BCUT2D eigenvalue weighted by molar-refractivity contribution is -0.117. The van der Waals surface area contributed by atoms with Crippen LogP contribution < -0.4 is 0 Å². The molecule has 0 saturated heterocycles. The molecule has 0 aliphatic heterocycles. The van der Waals surface area contributed by atoms with Gasteiger partial charge in [-0.25, -0.2) is 0 Å². The number of hydrogen-bond donors (Lipinski definition) is 0. The van der Waals surface area contributed by atoms with Crippen LogP contribution in [0.1, 0.15) is 20.3 Å². The molecule has 0 aromatic carbocycles. The van der Waals surface area contributed by atoms with Gasteiger partial charge in [0.05, 0.1) is 5.25 Å². The van der Waals surface area contributed by atoms with E-state index in [0.717, 1.165) is 4.34 Å². The molecule has 5 heteroatoms. The fraction of sp³-hybridized carbons (Fsp3) is 0.571. The van der Waals surface area contributed by atoms with Crippen LogP contribution in [0.25, 0.3) is 0 Å². The predicted molar refractivity (Wildman–Crippen MR) is 50.5 cm³/mol. The highest BCUT2D eigenvalue weighted by atomic mass is 32.2. The first-order valence-electron chi connectivity index (χ1n) is 3.69. The molecule has 0 aliphatic carbocycles. The molecule has 0 saturated carbocycles. The second-order valence-electron chi connectivity index (χ2n) is 2.28. The first kappa shape index (κ1) is 9.67. The van der Waals surface area contributed by atoms with Crippen molar-refractivity contribution in [3.63, 3.8) is 0 Å². The van der Waals surface area contributed by atoms with E-state index < -0.39 is 0 Å². The number of hydrogen-bond acceptors (Lipinski definition) is 5. The number of aromatic nitrogens is 2. The molecule has 0 N–H and O–H groups in total. The highest BCUT2D eigenvalue weighted by Gasteiger charge is 2.13. The van der Waals surface area contributed by atoms with E-state index in [0.29, 0.717) is 6.42 Å². The van der Waals surface area contributed by atoms with Crippen molar-refractivity contribution in [1.82, 2.24) is 10.2 Å². The van der Waals surface area contributed by atoms with Gasteiger partial charge in [0.25, 0.3) is 0 Å². The van der Waals surface area contributed by atoms with E-state index in [4.69, 9.17) is 0 Å². The molecule has 1 heterocycles. The van der Waals surface area contributed by atoms with Gasteiger partial charge >= 0.3 is 0 Å². The van der Waals surface area contributed by atoms with Crippen molar-refractivity contribution in [3.05, 3.63) is 5.51 Å². The number of carbonyl (C=O) groups is 1. The van der Waals surface area contributed by atoms with Crippen LogP contribution in [-0.4, -0.2) is 21.2 Å². The third-order valence-electron chi connectivity index (χ3n) is 1.42. The minimum atomic E-state index is 0.00273. The third kappa shape index (κ3) is 2.57. The van der Waals surface area contributed by atoms with Crippen LogP contribution >= 0.6 is 23.1 Å². The van der Waals surface area contributed by atoms with Crippen molar-refractivity contribution in [1.29, 1.82) is 0 Å². The van der Waals surface area contributed by atoms with Gasteiger partial charge in [-0.1, -0.05) is 30.0 Å². The van der Waals surface area contributed by atoms with Gasteiger partial charge in [0.1, 0.15) is 11.3 Å². The lowest BCUT2D eigenvalue weighted by Gasteiger charge is -2.04. The maximum atomic E-state index is 11.2. The number of nitrogens with zero attached hydrogens (tertiary/aromatic N) is 2. The van der Waals surface area contributed by atoms with Crippen LogP contribution in [0.4, 0.5) is 0 Å². The SMILES string of the molecule is CCC(=O)C(C)Sc1nncs1. The summed E-state index contributed by atoms with van der Waals surface area (Å²) in [7, 11) is 0. The predicted octanol–water partition coefficient (Wildman–Crippen LogP) is 2.00. The van der Waals surface area contributed by atoms with Crippen LogP contribution in [-0.2, 0) is 4.79 Å². The Morgan fingerprint density at radius 2 is 2.58 bits per heavy atom. The minimum absolute atomic E-state index is 0.00273. The van der Waals surface area contributed by atoms with Crippen LogP contribution in [0.5, 0.6) is 0 Å². The molecule has 66 valence electrons. The lowest BCUT2D eigenvalue weighted by atomic mass is 10.2. The van der Waals surface area contributed by atoms with Gasteiger partial charge in [-0.05, 0) is 6.92 Å². The van der Waals surface area contributed by atoms with Gasteiger partial charge in [-0.15, -0.1) is 10.2 Å². The molecule has 0 spiro atoms. The summed E-state index contributed by atoms with van der Waals surface area (Å²) in [5.41, 5.74) is 1.67. The van der Waals surface area contributed by atoms with Crippen molar-refractivity contribution in [2.24, 2.45) is 0 Å². The average molecular weight is 202 g/mol. The number of carbonyl (C=O) groups excluding carboxylic acids is 1. The Kier molecular flexibility index (Phi) is 3.68. The average Bonchev–Trinajstić information content (AvgIpc) is 2.55. The number of Topliss-reactive ketones (excluding diaryl/α,β-unsaturated/α-hetero) is 1. The zero-order chi connectivity index (χ0) is 8.97. The second kappa shape index (κ2) is 4.57. The summed E-state index contributed by atoms with van der Waals surface area (Å²) in [5, 5.41) is 7.55. The van der Waals surface area contributed by atoms with Crippen LogP contribution in [0.3, 0.4) is 0 Å². The van der Waals surface area contributed by atoms with E-state index in [-0.39, 0.29) is 11.0 Å². The molecule has 3 nitrogen and oxygen atoms in total. The summed E-state index contributed by atoms with van der Waals surface area (Å²) in [6.45, 7) is 3.78. The number of thioether (sulfide) groups is 1. The standard InChI is InChI=1S/C7H10N2OS2/c1-3-6(10)5(2)12-7-9-8-4-11-7/h4-5H,3H2,1-2H3. The Labute approximate surface area is 79.6 Å². The monoisotopic (exact) mass is 202 g/mol. The molecule has 12 heavy (non-hydrogen) atoms. The van der Waals surface area contributed by atoms with E-state index >= 15 is 0 Å². The summed E-state index contributed by atoms with van der Waals surface area (Å²) < 4.78 is 0.865. The normalized spacial score (nSPS) is 12.8. The maximum absolute atomic E-state index is 11.2. The molecular weight excluding hydrogens is 192 g/mol. The van der Waals surface area contributed by atoms with E-state index in [9.17, 15) is 4.79 Å². The number of rotatable bonds is 4. The Morgan fingerprint density at radius 1 is 1.83 bits per heavy atom. The molecule has 1 atom stereocenters. The molecule has 1 aromatic heterocycles. The first-order valence-corrected chi connectivity index (χ1v) is 5.45. The molecule has 0 radical (unpaired) electrons. The molecule has 0 bridgehead atoms. The minimum Gasteiger partial charge on any atom is -0.298 e. The van der Waals surface area contributed by atoms with Gasteiger partial charge < -0.3 is 0 Å². The molecule has 0 amide bonds. The van der Waals surface area contributed by atoms with Crippen molar-refractivity contribution in [3.8, 4) is 0 Å². The lowest BCUT2D eigenvalue weighted by Crippen LogP contribution is -2.10. The van der Waals surface area contributed by atoms with Gasteiger partial charge in [0.15, 0.2) is 4.34 Å². The van der Waals surface area contributed by atoms with Crippen LogP contribution in [0.2, 0.25) is 0 Å². The topological polar surface area (TPSA) is 42.9 Å². The maximum Gasteiger partial charge on any atom is 0.174 e. The van der Waals surface area contributed by atoms with E-state index in [1.165, 1.54) is 23.1 Å². The summed E-state index contributed by atoms with van der Waals surface area (Å²) in [6.07, 6.45) is 0.590. The van der Waals surface area contributed by atoms with Crippen LogP contribution in [0.15, 0.2) is 9.85 Å². The second-order valence-corrected chi connectivity index (χ2v) is 4.71. The summed E-state index contributed by atoms with van der Waals surface area (Å²) in [5.74, 6) is 0.259. The number of ketones is 1. The molecule has 0 fully saturated rings. The highest BCUT2D eigenvalue weighted by molar-refractivity contribution is 8.02. The fourth-order valence-electron chi connectivity index (χ4n) is 0.719. The fourth-order valence-corrected chi connectivity index (χ4v) is 2.48. The van der Waals surface area contributed by atoms with Crippen molar-refractivity contribution < 1.29 is 4.79 Å². The summed E-state index contributed by atoms with van der Waals surface area (Å²) in [6, 6.07) is 0. The summed E-state index contributed by atoms with van der Waals surface area (Å²) in [4.78, 5) is 11.2. The molecular formula is C7H10N2OS2. The van der Waals surface area contributed by atoms with Crippen molar-refractivity contribution >= 4 is 28.9 Å². The smallest absolute Gasteiger partial charge is 0.174 e. The largest absolute Gasteiger partial charge is 0.298 e. The summed E-state index contributed by atoms with van der Waals surface area (Å²) >= 11 is 2.95. The molecule has 1 unspecified atom stereocenters. The Balaban J connectivity index is 2.47. The Morgan fingerprint density at radius 3 is 3.08 bits per heavy atom. The quantitative estimate of drug-likeness (QED) is 0.700. The third-order valence-corrected chi connectivity index (χ3v) is 3.38. The first-order chi connectivity index (χ1) is 5.74.